The highest BCUT2D eigenvalue weighted by Gasteiger charge is 2.13. The van der Waals surface area contributed by atoms with E-state index in [1.165, 1.54) is 0 Å². The Hall–Kier alpha value is -0.630. The van der Waals surface area contributed by atoms with E-state index in [0.717, 1.165) is 6.42 Å². The second-order valence-corrected chi connectivity index (χ2v) is 2.49. The molecule has 0 fully saturated rings. The first-order valence-corrected chi connectivity index (χ1v) is 3.53. The molecule has 58 valence electrons. The largest absolute Gasteiger partial charge is 0.330 e. The lowest BCUT2D eigenvalue weighted by Gasteiger charge is -2.09. The van der Waals surface area contributed by atoms with E-state index in [-0.39, 0.29) is 11.7 Å². The fourth-order valence-electron chi connectivity index (χ4n) is 0.808. The molecule has 10 heavy (non-hydrogen) atoms. The third-order valence-corrected chi connectivity index (χ3v) is 1.57. The summed E-state index contributed by atoms with van der Waals surface area (Å²) in [5.41, 5.74) is 5.97. The van der Waals surface area contributed by atoms with Crippen molar-refractivity contribution in [2.45, 2.75) is 20.3 Å². The van der Waals surface area contributed by atoms with Gasteiger partial charge >= 0.3 is 0 Å². The molecular weight excluding hydrogens is 126 g/mol. The van der Waals surface area contributed by atoms with Crippen LogP contribution >= 0.6 is 0 Å². The first-order valence-electron chi connectivity index (χ1n) is 3.53. The van der Waals surface area contributed by atoms with Crippen LogP contribution in [0.25, 0.3) is 0 Å². The molecule has 0 aromatic rings. The number of allylic oxidation sites excluding steroid dienone is 1. The Kier molecular flexibility index (Phi) is 3.96. The predicted molar refractivity (Wildman–Crippen MR) is 42.7 cm³/mol. The second-order valence-electron chi connectivity index (χ2n) is 2.49. The van der Waals surface area contributed by atoms with Crippen molar-refractivity contribution in [1.29, 1.82) is 0 Å². The monoisotopic (exact) mass is 141 g/mol. The van der Waals surface area contributed by atoms with Gasteiger partial charge < -0.3 is 5.73 Å². The highest BCUT2D eigenvalue weighted by molar-refractivity contribution is 5.96. The maximum absolute atomic E-state index is 11.1. The zero-order chi connectivity index (χ0) is 8.15. The molecule has 0 saturated carbocycles. The number of hydrogen-bond acceptors (Lipinski definition) is 2. The molecule has 0 aromatic carbocycles. The first-order chi connectivity index (χ1) is 4.63. The van der Waals surface area contributed by atoms with Crippen LogP contribution in [0, 0.1) is 5.92 Å². The van der Waals surface area contributed by atoms with Crippen LogP contribution in [0.1, 0.15) is 20.3 Å². The van der Waals surface area contributed by atoms with Crippen LogP contribution in [0.2, 0.25) is 0 Å². The first kappa shape index (κ1) is 9.37. The Bertz CT molecular complexity index is 136. The minimum atomic E-state index is -0.0162. The van der Waals surface area contributed by atoms with Crippen molar-refractivity contribution in [2.24, 2.45) is 11.7 Å². The van der Waals surface area contributed by atoms with Gasteiger partial charge in [0.25, 0.3) is 0 Å². The summed E-state index contributed by atoms with van der Waals surface area (Å²) in [7, 11) is 0. The van der Waals surface area contributed by atoms with Gasteiger partial charge in [0, 0.05) is 12.5 Å². The third-order valence-electron chi connectivity index (χ3n) is 1.57. The second kappa shape index (κ2) is 4.23. The molecule has 2 nitrogen and oxygen atoms in total. The van der Waals surface area contributed by atoms with Gasteiger partial charge in [-0.3, -0.25) is 4.79 Å². The van der Waals surface area contributed by atoms with Crippen molar-refractivity contribution >= 4 is 5.78 Å². The molecule has 0 heterocycles. The molecule has 1 atom stereocenters. The summed E-state index contributed by atoms with van der Waals surface area (Å²) in [6, 6.07) is 0. The topological polar surface area (TPSA) is 43.1 Å². The highest BCUT2D eigenvalue weighted by atomic mass is 16.1. The van der Waals surface area contributed by atoms with Crippen molar-refractivity contribution < 1.29 is 4.79 Å². The molecule has 0 aliphatic heterocycles. The fraction of sp³-hybridized carbons (Fsp3) is 0.625. The molecule has 0 rings (SSSR count). The lowest BCUT2D eigenvalue weighted by molar-refractivity contribution is -0.118. The third kappa shape index (κ3) is 2.31. The molecule has 0 amide bonds. The average Bonchev–Trinajstić information content (AvgIpc) is 1.90. The van der Waals surface area contributed by atoms with Crippen LogP contribution < -0.4 is 5.73 Å². The van der Waals surface area contributed by atoms with Gasteiger partial charge in [0.05, 0.1) is 0 Å². The summed E-state index contributed by atoms with van der Waals surface area (Å²) in [4.78, 5) is 11.1. The van der Waals surface area contributed by atoms with Gasteiger partial charge in [-0.05, 0) is 18.9 Å². The molecular formula is C8H15NO. The van der Waals surface area contributed by atoms with Gasteiger partial charge in [-0.2, -0.15) is 0 Å². The Labute approximate surface area is 62.1 Å². The minimum absolute atomic E-state index is 0.0162. The summed E-state index contributed by atoms with van der Waals surface area (Å²) in [6.07, 6.45) is 0.808. The van der Waals surface area contributed by atoms with Gasteiger partial charge in [0.15, 0.2) is 5.78 Å². The van der Waals surface area contributed by atoms with Crippen LogP contribution in [0.5, 0.6) is 0 Å². The van der Waals surface area contributed by atoms with Crippen LogP contribution in [-0.2, 0) is 4.79 Å². The number of Topliss-reactive ketones (excluding diaryl/α,β-unsaturated/α-hetero) is 1. The van der Waals surface area contributed by atoms with Gasteiger partial charge in [-0.25, -0.2) is 0 Å². The Morgan fingerprint density at radius 3 is 2.30 bits per heavy atom. The molecule has 0 aromatic heterocycles. The Morgan fingerprint density at radius 1 is 1.70 bits per heavy atom. The van der Waals surface area contributed by atoms with E-state index < -0.39 is 0 Å². The summed E-state index contributed by atoms with van der Waals surface area (Å²) in [6.45, 7) is 7.68. The van der Waals surface area contributed by atoms with Crippen LogP contribution in [0.3, 0.4) is 0 Å². The molecule has 0 bridgehead atoms. The maximum atomic E-state index is 11.1. The summed E-state index contributed by atoms with van der Waals surface area (Å²) < 4.78 is 0. The SMILES string of the molecule is C=C(C)C(=O)C(CC)CN. The quantitative estimate of drug-likeness (QED) is 0.596. The van der Waals surface area contributed by atoms with E-state index in [0.29, 0.717) is 12.1 Å². The van der Waals surface area contributed by atoms with Gasteiger partial charge in [0.2, 0.25) is 0 Å². The van der Waals surface area contributed by atoms with E-state index in [1.54, 1.807) is 6.92 Å². The zero-order valence-electron chi connectivity index (χ0n) is 6.68. The number of hydrogen-bond donors (Lipinski definition) is 1. The van der Waals surface area contributed by atoms with Gasteiger partial charge in [-0.15, -0.1) is 0 Å². The van der Waals surface area contributed by atoms with Crippen LogP contribution in [0.4, 0.5) is 0 Å². The van der Waals surface area contributed by atoms with E-state index in [4.69, 9.17) is 5.73 Å². The predicted octanol–water partition coefficient (Wildman–Crippen LogP) is 1.12. The maximum Gasteiger partial charge on any atom is 0.162 e. The Morgan fingerprint density at radius 2 is 2.20 bits per heavy atom. The molecule has 2 N–H and O–H groups in total. The average molecular weight is 141 g/mol. The van der Waals surface area contributed by atoms with Crippen molar-refractivity contribution in [1.82, 2.24) is 0 Å². The number of carbonyl (C=O) groups excluding carboxylic acids is 1. The zero-order valence-corrected chi connectivity index (χ0v) is 6.68. The standard InChI is InChI=1S/C8H15NO/c1-4-7(5-9)8(10)6(2)3/h7H,2,4-5,9H2,1,3H3. The Balaban J connectivity index is 4.02. The summed E-state index contributed by atoms with van der Waals surface area (Å²) in [5, 5.41) is 0. The molecule has 0 aliphatic rings. The number of ketones is 1. The van der Waals surface area contributed by atoms with Crippen molar-refractivity contribution in [2.75, 3.05) is 6.54 Å². The highest BCUT2D eigenvalue weighted by Crippen LogP contribution is 2.06. The van der Waals surface area contributed by atoms with E-state index in [1.807, 2.05) is 6.92 Å². The van der Waals surface area contributed by atoms with E-state index >= 15 is 0 Å². The van der Waals surface area contributed by atoms with Crippen LogP contribution in [0.15, 0.2) is 12.2 Å². The number of rotatable bonds is 4. The molecule has 0 radical (unpaired) electrons. The minimum Gasteiger partial charge on any atom is -0.330 e. The van der Waals surface area contributed by atoms with E-state index in [9.17, 15) is 4.79 Å². The van der Waals surface area contributed by atoms with E-state index in [2.05, 4.69) is 6.58 Å². The smallest absolute Gasteiger partial charge is 0.162 e. The number of carbonyl (C=O) groups is 1. The van der Waals surface area contributed by atoms with Crippen molar-refractivity contribution in [3.8, 4) is 0 Å². The molecule has 0 saturated heterocycles. The van der Waals surface area contributed by atoms with Crippen molar-refractivity contribution in [3.63, 3.8) is 0 Å². The molecule has 0 spiro atoms. The fourth-order valence-corrected chi connectivity index (χ4v) is 0.808. The molecule has 2 heteroatoms. The van der Waals surface area contributed by atoms with Gasteiger partial charge in [0.1, 0.15) is 0 Å². The van der Waals surface area contributed by atoms with Gasteiger partial charge in [-0.1, -0.05) is 13.5 Å². The summed E-state index contributed by atoms with van der Waals surface area (Å²) in [5.74, 6) is 0.0856. The summed E-state index contributed by atoms with van der Waals surface area (Å²) >= 11 is 0. The number of nitrogens with two attached hydrogens (primary N) is 1. The molecule has 1 unspecified atom stereocenters. The molecule has 0 aliphatic carbocycles. The van der Waals surface area contributed by atoms with Crippen molar-refractivity contribution in [3.05, 3.63) is 12.2 Å². The lowest BCUT2D eigenvalue weighted by Crippen LogP contribution is -2.23. The van der Waals surface area contributed by atoms with Crippen LogP contribution in [-0.4, -0.2) is 12.3 Å². The lowest BCUT2D eigenvalue weighted by atomic mass is 9.97. The normalized spacial score (nSPS) is 12.7.